The van der Waals surface area contributed by atoms with Gasteiger partial charge in [-0.1, -0.05) is 0 Å². The van der Waals surface area contributed by atoms with Crippen molar-refractivity contribution in [3.05, 3.63) is 39.4 Å². The Morgan fingerprint density at radius 2 is 1.86 bits per heavy atom. The molecule has 1 aromatic carbocycles. The quantitative estimate of drug-likeness (QED) is 0.468. The molecule has 1 aromatic rings. The molecule has 0 fully saturated rings. The van der Waals surface area contributed by atoms with E-state index in [4.69, 9.17) is 5.11 Å². The molecule has 0 atom stereocenters. The standard InChI is InChI=1S/C11H9F3N2O5S/c12-11(13,14)22-2-1-15-9(17)6-3-7(10(18)19)5-8(4-6)16(20)21/h3-5H,1-2H2,(H,15,17)(H,18,19). The zero-order chi connectivity index (χ0) is 16.9. The number of hydrogen-bond acceptors (Lipinski definition) is 5. The molecule has 22 heavy (non-hydrogen) atoms. The fourth-order valence-corrected chi connectivity index (χ4v) is 1.84. The van der Waals surface area contributed by atoms with E-state index in [0.29, 0.717) is 0 Å². The first-order valence-electron chi connectivity index (χ1n) is 5.62. The maximum atomic E-state index is 11.9. The van der Waals surface area contributed by atoms with Crippen molar-refractivity contribution >= 4 is 29.3 Å². The lowest BCUT2D eigenvalue weighted by atomic mass is 10.1. The normalized spacial score (nSPS) is 11.0. The van der Waals surface area contributed by atoms with Crippen molar-refractivity contribution in [2.75, 3.05) is 12.3 Å². The summed E-state index contributed by atoms with van der Waals surface area (Å²) >= 11 is -0.330. The van der Waals surface area contributed by atoms with Gasteiger partial charge in [-0.2, -0.15) is 13.2 Å². The van der Waals surface area contributed by atoms with Gasteiger partial charge in [0, 0.05) is 30.0 Å². The number of non-ortho nitro benzene ring substituents is 1. The van der Waals surface area contributed by atoms with Crippen molar-refractivity contribution in [1.29, 1.82) is 0 Å². The van der Waals surface area contributed by atoms with Crippen LogP contribution in [-0.4, -0.2) is 39.7 Å². The third-order valence-corrected chi connectivity index (χ3v) is 3.03. The van der Waals surface area contributed by atoms with E-state index in [1.807, 2.05) is 0 Å². The Morgan fingerprint density at radius 1 is 1.27 bits per heavy atom. The minimum Gasteiger partial charge on any atom is -0.478 e. The van der Waals surface area contributed by atoms with Gasteiger partial charge in [-0.15, -0.1) is 0 Å². The Bertz CT molecular complexity index is 574. The second kappa shape index (κ2) is 7.11. The Kier molecular flexibility index (Phi) is 5.74. The van der Waals surface area contributed by atoms with Crippen LogP contribution in [0.4, 0.5) is 18.9 Å². The number of nitrogens with zero attached hydrogens (tertiary/aromatic N) is 1. The summed E-state index contributed by atoms with van der Waals surface area (Å²) in [5.74, 6) is -2.80. The van der Waals surface area contributed by atoms with Crippen LogP contribution in [0, 0.1) is 10.1 Å². The minimum absolute atomic E-state index is 0.316. The number of halogens is 3. The van der Waals surface area contributed by atoms with Gasteiger partial charge in [0.05, 0.1) is 10.5 Å². The molecule has 0 bridgehead atoms. The number of thioether (sulfide) groups is 1. The maximum absolute atomic E-state index is 11.9. The highest BCUT2D eigenvalue weighted by Gasteiger charge is 2.27. The van der Waals surface area contributed by atoms with Gasteiger partial charge in [0.15, 0.2) is 0 Å². The first-order chi connectivity index (χ1) is 10.1. The number of rotatable bonds is 6. The maximum Gasteiger partial charge on any atom is 0.441 e. The van der Waals surface area contributed by atoms with Crippen LogP contribution in [0.3, 0.4) is 0 Å². The van der Waals surface area contributed by atoms with Gasteiger partial charge in [-0.25, -0.2) is 4.79 Å². The molecule has 0 heterocycles. The van der Waals surface area contributed by atoms with Gasteiger partial charge in [-0.05, 0) is 17.8 Å². The summed E-state index contributed by atoms with van der Waals surface area (Å²) in [7, 11) is 0. The van der Waals surface area contributed by atoms with Crippen LogP contribution in [0.1, 0.15) is 20.7 Å². The Labute approximate surface area is 125 Å². The van der Waals surface area contributed by atoms with Crippen molar-refractivity contribution in [2.45, 2.75) is 5.51 Å². The molecule has 0 radical (unpaired) electrons. The van der Waals surface area contributed by atoms with Crippen LogP contribution < -0.4 is 5.32 Å². The number of nitrogens with one attached hydrogen (secondary N) is 1. The molecule has 1 rings (SSSR count). The number of benzene rings is 1. The van der Waals surface area contributed by atoms with E-state index in [-0.39, 0.29) is 23.9 Å². The van der Waals surface area contributed by atoms with Gasteiger partial charge < -0.3 is 10.4 Å². The highest BCUT2D eigenvalue weighted by Crippen LogP contribution is 2.29. The fraction of sp³-hybridized carbons (Fsp3) is 0.273. The molecule has 120 valence electrons. The zero-order valence-electron chi connectivity index (χ0n) is 10.7. The van der Waals surface area contributed by atoms with E-state index in [1.54, 1.807) is 0 Å². The average Bonchev–Trinajstić information content (AvgIpc) is 2.41. The molecule has 0 aliphatic heterocycles. The molecule has 0 aromatic heterocycles. The summed E-state index contributed by atoms with van der Waals surface area (Å²) in [5.41, 5.74) is -5.81. The summed E-state index contributed by atoms with van der Waals surface area (Å²) in [6, 6.07) is 2.53. The number of amides is 1. The predicted molar refractivity (Wildman–Crippen MR) is 70.9 cm³/mol. The van der Waals surface area contributed by atoms with Crippen molar-refractivity contribution in [1.82, 2.24) is 5.32 Å². The second-order valence-corrected chi connectivity index (χ2v) is 5.04. The monoisotopic (exact) mass is 338 g/mol. The molecule has 11 heteroatoms. The predicted octanol–water partition coefficient (Wildman–Crippen LogP) is 2.28. The fourth-order valence-electron chi connectivity index (χ4n) is 1.40. The molecule has 7 nitrogen and oxygen atoms in total. The molecule has 0 saturated heterocycles. The molecule has 0 saturated carbocycles. The molecule has 0 spiro atoms. The molecule has 0 unspecified atom stereocenters. The van der Waals surface area contributed by atoms with Crippen molar-refractivity contribution < 1.29 is 32.8 Å². The zero-order valence-corrected chi connectivity index (χ0v) is 11.5. The summed E-state index contributed by atoms with van der Waals surface area (Å²) in [4.78, 5) is 32.3. The van der Waals surface area contributed by atoms with E-state index in [9.17, 15) is 32.9 Å². The molecule has 0 aliphatic rings. The Morgan fingerprint density at radius 3 is 2.36 bits per heavy atom. The topological polar surface area (TPSA) is 110 Å². The average molecular weight is 338 g/mol. The van der Waals surface area contributed by atoms with Crippen LogP contribution in [0.5, 0.6) is 0 Å². The molecule has 2 N–H and O–H groups in total. The highest BCUT2D eigenvalue weighted by atomic mass is 32.2. The van der Waals surface area contributed by atoms with Gasteiger partial charge in [0.25, 0.3) is 11.6 Å². The first kappa shape index (κ1) is 17.8. The molecule has 0 aliphatic carbocycles. The summed E-state index contributed by atoms with van der Waals surface area (Å²) in [6.07, 6.45) is 0. The SMILES string of the molecule is O=C(O)c1cc(C(=O)NCCSC(F)(F)F)cc([N+](=O)[O-])c1. The number of hydrogen-bond donors (Lipinski definition) is 2. The number of aromatic carboxylic acids is 1. The van der Waals surface area contributed by atoms with Crippen LogP contribution in [0.25, 0.3) is 0 Å². The number of carbonyl (C=O) groups is 2. The van der Waals surface area contributed by atoms with Crippen molar-refractivity contribution in [3.8, 4) is 0 Å². The van der Waals surface area contributed by atoms with Gasteiger partial charge in [0.2, 0.25) is 0 Å². The third kappa shape index (κ3) is 5.60. The number of carbonyl (C=O) groups excluding carboxylic acids is 1. The van der Waals surface area contributed by atoms with Gasteiger partial charge in [-0.3, -0.25) is 14.9 Å². The number of nitro groups is 1. The van der Waals surface area contributed by atoms with Crippen LogP contribution >= 0.6 is 11.8 Å². The van der Waals surface area contributed by atoms with Gasteiger partial charge in [0.1, 0.15) is 0 Å². The van der Waals surface area contributed by atoms with E-state index >= 15 is 0 Å². The van der Waals surface area contributed by atoms with Crippen LogP contribution in [0.2, 0.25) is 0 Å². The van der Waals surface area contributed by atoms with Crippen LogP contribution in [0.15, 0.2) is 18.2 Å². The lowest BCUT2D eigenvalue weighted by Gasteiger charge is -2.07. The smallest absolute Gasteiger partial charge is 0.441 e. The first-order valence-corrected chi connectivity index (χ1v) is 6.60. The Balaban J connectivity index is 2.80. The Hall–Kier alpha value is -2.30. The van der Waals surface area contributed by atoms with Gasteiger partial charge >= 0.3 is 11.5 Å². The summed E-state index contributed by atoms with van der Waals surface area (Å²) in [5, 5.41) is 21.6. The molecule has 1 amide bonds. The molecular weight excluding hydrogens is 329 g/mol. The number of alkyl halides is 3. The summed E-state index contributed by atoms with van der Waals surface area (Å²) in [6.45, 7) is -0.325. The lowest BCUT2D eigenvalue weighted by molar-refractivity contribution is -0.384. The third-order valence-electron chi connectivity index (χ3n) is 2.29. The van der Waals surface area contributed by atoms with E-state index in [1.165, 1.54) is 0 Å². The minimum atomic E-state index is -4.42. The van der Waals surface area contributed by atoms with Crippen molar-refractivity contribution in [2.24, 2.45) is 0 Å². The van der Waals surface area contributed by atoms with E-state index < -0.39 is 39.3 Å². The van der Waals surface area contributed by atoms with Crippen molar-refractivity contribution in [3.63, 3.8) is 0 Å². The van der Waals surface area contributed by atoms with E-state index in [2.05, 4.69) is 5.32 Å². The lowest BCUT2D eigenvalue weighted by Crippen LogP contribution is -2.26. The largest absolute Gasteiger partial charge is 0.478 e. The number of nitro benzene ring substituents is 1. The highest BCUT2D eigenvalue weighted by molar-refractivity contribution is 8.00. The number of carboxylic acid groups (broad SMARTS) is 1. The second-order valence-electron chi connectivity index (χ2n) is 3.88. The number of carboxylic acids is 1. The molecular formula is C11H9F3N2O5S. The van der Waals surface area contributed by atoms with E-state index in [0.717, 1.165) is 18.2 Å². The summed E-state index contributed by atoms with van der Waals surface area (Å²) < 4.78 is 35.7. The van der Waals surface area contributed by atoms with Crippen LogP contribution in [-0.2, 0) is 0 Å².